The molecule has 3 N–H and O–H groups in total. The quantitative estimate of drug-likeness (QED) is 0.629. The number of hydrogen-bond donors (Lipinski definition) is 2. The van der Waals surface area contributed by atoms with Crippen molar-refractivity contribution in [3.8, 4) is 5.75 Å². The number of amides is 1. The second kappa shape index (κ2) is 5.32. The molecule has 1 aromatic rings. The minimum atomic E-state index is -3.06. The summed E-state index contributed by atoms with van der Waals surface area (Å²) < 4.78 is 23.1. The zero-order valence-corrected chi connectivity index (χ0v) is 12.1. The summed E-state index contributed by atoms with van der Waals surface area (Å²) in [7, 11) is -3.06. The number of sulfone groups is 1. The third kappa shape index (κ3) is 2.87. The molecule has 110 valence electrons. The number of nitrogens with two attached hydrogens (primary N) is 1. The molecule has 1 fully saturated rings. The van der Waals surface area contributed by atoms with Crippen molar-refractivity contribution in [1.29, 1.82) is 0 Å². The van der Waals surface area contributed by atoms with Crippen LogP contribution in [-0.2, 0) is 9.84 Å². The Morgan fingerprint density at radius 2 is 2.20 bits per heavy atom. The van der Waals surface area contributed by atoms with E-state index in [9.17, 15) is 18.3 Å². The maximum atomic E-state index is 12.5. The molecule has 1 heterocycles. The average Bonchev–Trinajstić information content (AvgIpc) is 2.73. The number of phenolic OH excluding ortho intramolecular Hbond substituents is 1. The van der Waals surface area contributed by atoms with Crippen molar-refractivity contribution in [1.82, 2.24) is 4.90 Å². The van der Waals surface area contributed by atoms with Gasteiger partial charge in [-0.05, 0) is 31.5 Å². The normalized spacial score (nSPS) is 20.8. The summed E-state index contributed by atoms with van der Waals surface area (Å²) in [6.45, 7) is 2.19. The first-order valence-electron chi connectivity index (χ1n) is 6.44. The lowest BCUT2D eigenvalue weighted by atomic mass is 10.1. The fraction of sp³-hybridized carbons (Fsp3) is 0.462. The van der Waals surface area contributed by atoms with Crippen LogP contribution in [0.4, 0.5) is 5.69 Å². The van der Waals surface area contributed by atoms with Crippen molar-refractivity contribution in [2.24, 2.45) is 0 Å². The number of carbonyl (C=O) groups excluding carboxylic acids is 1. The molecule has 7 heteroatoms. The molecule has 1 aromatic carbocycles. The Balaban J connectivity index is 2.28. The second-order valence-electron chi connectivity index (χ2n) is 4.92. The number of nitrogen functional groups attached to an aromatic ring is 1. The summed E-state index contributed by atoms with van der Waals surface area (Å²) in [5.74, 6) is -0.289. The Morgan fingerprint density at radius 1 is 1.50 bits per heavy atom. The average molecular weight is 298 g/mol. The van der Waals surface area contributed by atoms with Crippen LogP contribution in [-0.4, -0.2) is 48.4 Å². The van der Waals surface area contributed by atoms with Crippen LogP contribution >= 0.6 is 0 Å². The number of anilines is 1. The minimum absolute atomic E-state index is 0.00863. The van der Waals surface area contributed by atoms with Crippen molar-refractivity contribution in [3.05, 3.63) is 23.8 Å². The molecule has 1 unspecified atom stereocenters. The maximum Gasteiger partial charge on any atom is 0.256 e. The summed E-state index contributed by atoms with van der Waals surface area (Å²) in [5.41, 5.74) is 6.23. The number of phenols is 1. The Labute approximate surface area is 118 Å². The van der Waals surface area contributed by atoms with Crippen molar-refractivity contribution in [2.75, 3.05) is 23.8 Å². The highest BCUT2D eigenvalue weighted by Crippen LogP contribution is 2.24. The highest BCUT2D eigenvalue weighted by atomic mass is 32.2. The lowest BCUT2D eigenvalue weighted by Crippen LogP contribution is -2.41. The fourth-order valence-electron chi connectivity index (χ4n) is 2.47. The van der Waals surface area contributed by atoms with Crippen LogP contribution in [0.25, 0.3) is 0 Å². The molecule has 6 nitrogen and oxygen atoms in total. The molecule has 0 spiro atoms. The van der Waals surface area contributed by atoms with E-state index in [2.05, 4.69) is 0 Å². The van der Waals surface area contributed by atoms with E-state index >= 15 is 0 Å². The van der Waals surface area contributed by atoms with Crippen LogP contribution in [0.2, 0.25) is 0 Å². The SMILES string of the molecule is CCN(C(=O)c1cc(O)ccc1N)C1CCS(=O)(=O)C1. The first-order valence-corrected chi connectivity index (χ1v) is 8.26. The van der Waals surface area contributed by atoms with Crippen LogP contribution in [0.3, 0.4) is 0 Å². The summed E-state index contributed by atoms with van der Waals surface area (Å²) in [4.78, 5) is 14.0. The largest absolute Gasteiger partial charge is 0.508 e. The number of carbonyl (C=O) groups is 1. The number of nitrogens with zero attached hydrogens (tertiary/aromatic N) is 1. The monoisotopic (exact) mass is 298 g/mol. The number of benzene rings is 1. The molecule has 0 aliphatic carbocycles. The number of rotatable bonds is 3. The van der Waals surface area contributed by atoms with Gasteiger partial charge >= 0.3 is 0 Å². The van der Waals surface area contributed by atoms with Crippen LogP contribution in [0.1, 0.15) is 23.7 Å². The van der Waals surface area contributed by atoms with E-state index in [0.717, 1.165) is 0 Å². The lowest BCUT2D eigenvalue weighted by Gasteiger charge is -2.27. The molecule has 1 saturated heterocycles. The molecule has 0 aromatic heterocycles. The Kier molecular flexibility index (Phi) is 3.89. The first kappa shape index (κ1) is 14.6. The molecule has 1 atom stereocenters. The molecular weight excluding hydrogens is 280 g/mol. The molecular formula is C13H18N2O4S. The highest BCUT2D eigenvalue weighted by molar-refractivity contribution is 7.91. The maximum absolute atomic E-state index is 12.5. The van der Waals surface area contributed by atoms with Gasteiger partial charge in [0, 0.05) is 18.3 Å². The number of aromatic hydroxyl groups is 1. The lowest BCUT2D eigenvalue weighted by molar-refractivity contribution is 0.0709. The van der Waals surface area contributed by atoms with Gasteiger partial charge in [-0.1, -0.05) is 0 Å². The van der Waals surface area contributed by atoms with Crippen molar-refractivity contribution in [3.63, 3.8) is 0 Å². The third-order valence-electron chi connectivity index (χ3n) is 3.52. The standard InChI is InChI=1S/C13H18N2O4S/c1-2-15(9-5-6-20(18,19)8-9)13(17)11-7-10(16)3-4-12(11)14/h3-4,7,9,16H,2,5-6,8,14H2,1H3. The molecule has 1 aliphatic heterocycles. The number of hydrogen-bond acceptors (Lipinski definition) is 5. The van der Waals surface area contributed by atoms with Gasteiger partial charge in [0.25, 0.3) is 5.91 Å². The van der Waals surface area contributed by atoms with Gasteiger partial charge in [-0.2, -0.15) is 0 Å². The summed E-state index contributed by atoms with van der Waals surface area (Å²) in [5, 5.41) is 9.47. The van der Waals surface area contributed by atoms with Gasteiger partial charge in [0.15, 0.2) is 9.84 Å². The van der Waals surface area contributed by atoms with Gasteiger partial charge in [0.05, 0.1) is 17.1 Å². The second-order valence-corrected chi connectivity index (χ2v) is 7.15. The van der Waals surface area contributed by atoms with Crippen LogP contribution in [0, 0.1) is 0 Å². The topological polar surface area (TPSA) is 101 Å². The van der Waals surface area contributed by atoms with E-state index in [4.69, 9.17) is 5.73 Å². The van der Waals surface area contributed by atoms with E-state index in [1.165, 1.54) is 23.1 Å². The van der Waals surface area contributed by atoms with Crippen LogP contribution in [0.5, 0.6) is 5.75 Å². The molecule has 0 radical (unpaired) electrons. The predicted molar refractivity (Wildman–Crippen MR) is 76.3 cm³/mol. The van der Waals surface area contributed by atoms with Gasteiger partial charge in [0.1, 0.15) is 5.75 Å². The fourth-order valence-corrected chi connectivity index (χ4v) is 4.20. The van der Waals surface area contributed by atoms with E-state index in [1.54, 1.807) is 6.92 Å². The predicted octanol–water partition coefficient (Wildman–Crippen LogP) is 0.624. The third-order valence-corrected chi connectivity index (χ3v) is 5.27. The summed E-state index contributed by atoms with van der Waals surface area (Å²) in [6, 6.07) is 3.85. The van der Waals surface area contributed by atoms with Gasteiger partial charge in [-0.3, -0.25) is 4.79 Å². The van der Waals surface area contributed by atoms with Gasteiger partial charge in [0.2, 0.25) is 0 Å². The minimum Gasteiger partial charge on any atom is -0.508 e. The Morgan fingerprint density at radius 3 is 2.75 bits per heavy atom. The molecule has 20 heavy (non-hydrogen) atoms. The van der Waals surface area contributed by atoms with Crippen LogP contribution < -0.4 is 5.73 Å². The van der Waals surface area contributed by atoms with E-state index in [-0.39, 0.29) is 40.5 Å². The smallest absolute Gasteiger partial charge is 0.256 e. The van der Waals surface area contributed by atoms with Gasteiger partial charge in [-0.15, -0.1) is 0 Å². The molecule has 0 saturated carbocycles. The highest BCUT2D eigenvalue weighted by Gasteiger charge is 2.34. The van der Waals surface area contributed by atoms with Crippen molar-refractivity contribution in [2.45, 2.75) is 19.4 Å². The van der Waals surface area contributed by atoms with E-state index in [0.29, 0.717) is 13.0 Å². The Hall–Kier alpha value is -1.76. The van der Waals surface area contributed by atoms with Crippen molar-refractivity contribution >= 4 is 21.4 Å². The molecule has 0 bridgehead atoms. The van der Waals surface area contributed by atoms with Crippen molar-refractivity contribution < 1.29 is 18.3 Å². The molecule has 2 rings (SSSR count). The Bertz CT molecular complexity index is 627. The molecule has 1 aliphatic rings. The molecule has 1 amide bonds. The zero-order chi connectivity index (χ0) is 14.9. The summed E-state index contributed by atoms with van der Waals surface area (Å²) in [6.07, 6.45) is 0.445. The van der Waals surface area contributed by atoms with E-state index in [1.807, 2.05) is 0 Å². The summed E-state index contributed by atoms with van der Waals surface area (Å²) >= 11 is 0. The zero-order valence-electron chi connectivity index (χ0n) is 11.2. The first-order chi connectivity index (χ1) is 9.34. The van der Waals surface area contributed by atoms with Gasteiger partial charge < -0.3 is 15.7 Å². The van der Waals surface area contributed by atoms with E-state index < -0.39 is 9.84 Å². The van der Waals surface area contributed by atoms with Gasteiger partial charge in [-0.25, -0.2) is 8.42 Å². The van der Waals surface area contributed by atoms with Crippen LogP contribution in [0.15, 0.2) is 18.2 Å².